The number of hydrogen-bond donors (Lipinski definition) is 3. The molecule has 2 amide bonds. The molecule has 7 heteroatoms. The van der Waals surface area contributed by atoms with E-state index >= 15 is 0 Å². The van der Waals surface area contributed by atoms with Crippen molar-refractivity contribution in [3.05, 3.63) is 23.8 Å². The quantitative estimate of drug-likeness (QED) is 0.636. The number of rotatable bonds is 5. The Morgan fingerprint density at radius 2 is 1.96 bits per heavy atom. The Morgan fingerprint density at radius 3 is 2.70 bits per heavy atom. The molecule has 0 aromatic heterocycles. The van der Waals surface area contributed by atoms with Crippen molar-refractivity contribution in [2.24, 2.45) is 11.7 Å². The van der Waals surface area contributed by atoms with E-state index in [-0.39, 0.29) is 24.5 Å². The number of carbonyl (C=O) groups excluding carboxylic acids is 2. The van der Waals surface area contributed by atoms with E-state index in [1.165, 1.54) is 4.90 Å². The van der Waals surface area contributed by atoms with E-state index < -0.39 is 0 Å². The lowest BCUT2D eigenvalue weighted by atomic mass is 9.96. The zero-order valence-electron chi connectivity index (χ0n) is 13.0. The molecule has 1 aromatic carbocycles. The number of carbonyl (C=O) groups is 2. The summed E-state index contributed by atoms with van der Waals surface area (Å²) in [6.45, 7) is 2.76. The molecule has 1 aromatic rings. The zero-order chi connectivity index (χ0) is 16.2. The fraction of sp³-hybridized carbons (Fsp3) is 0.500. The van der Waals surface area contributed by atoms with Crippen LogP contribution in [0.25, 0.3) is 0 Å². The Morgan fingerprint density at radius 1 is 1.22 bits per heavy atom. The third-order valence-electron chi connectivity index (χ3n) is 4.43. The van der Waals surface area contributed by atoms with E-state index in [0.29, 0.717) is 13.1 Å². The maximum absolute atomic E-state index is 12.1. The standard InChI is InChI=1S/C16H21N3O4/c17-16(21)12-3-5-19(6-4-12)9-15(20)18-8-11-1-2-13-14(7-11)23-10-22-13/h1-2,7,12H,3-6,8-10H2,(H2,17,21)(H,18,20)/p+1. The fourth-order valence-electron chi connectivity index (χ4n) is 3.03. The van der Waals surface area contributed by atoms with Gasteiger partial charge in [-0.15, -0.1) is 0 Å². The topological polar surface area (TPSA) is 95.1 Å². The van der Waals surface area contributed by atoms with E-state index in [1.807, 2.05) is 18.2 Å². The molecule has 0 spiro atoms. The third kappa shape index (κ3) is 3.92. The van der Waals surface area contributed by atoms with Crippen molar-refractivity contribution < 1.29 is 24.0 Å². The summed E-state index contributed by atoms with van der Waals surface area (Å²) < 4.78 is 10.6. The first-order valence-electron chi connectivity index (χ1n) is 7.90. The summed E-state index contributed by atoms with van der Waals surface area (Å²) in [5.74, 6) is 1.21. The molecule has 3 rings (SSSR count). The number of nitrogens with one attached hydrogen (secondary N) is 2. The maximum Gasteiger partial charge on any atom is 0.275 e. The molecule has 2 aliphatic heterocycles. The second-order valence-corrected chi connectivity index (χ2v) is 6.07. The van der Waals surface area contributed by atoms with Gasteiger partial charge in [-0.1, -0.05) is 6.07 Å². The molecule has 1 fully saturated rings. The van der Waals surface area contributed by atoms with E-state index in [2.05, 4.69) is 5.32 Å². The van der Waals surface area contributed by atoms with Crippen LogP contribution in [0.4, 0.5) is 0 Å². The summed E-state index contributed by atoms with van der Waals surface area (Å²) in [5, 5.41) is 2.92. The average molecular weight is 320 g/mol. The molecule has 0 saturated carbocycles. The van der Waals surface area contributed by atoms with Gasteiger partial charge in [0.2, 0.25) is 12.7 Å². The van der Waals surface area contributed by atoms with Crippen LogP contribution in [0, 0.1) is 5.92 Å². The zero-order valence-corrected chi connectivity index (χ0v) is 13.0. The van der Waals surface area contributed by atoms with Gasteiger partial charge in [0.25, 0.3) is 5.91 Å². The highest BCUT2D eigenvalue weighted by atomic mass is 16.7. The van der Waals surface area contributed by atoms with Crippen molar-refractivity contribution >= 4 is 11.8 Å². The maximum atomic E-state index is 12.1. The molecule has 124 valence electrons. The summed E-state index contributed by atoms with van der Waals surface area (Å²) >= 11 is 0. The van der Waals surface area contributed by atoms with Crippen LogP contribution in [0.15, 0.2) is 18.2 Å². The van der Waals surface area contributed by atoms with Crippen molar-refractivity contribution in [3.63, 3.8) is 0 Å². The molecule has 23 heavy (non-hydrogen) atoms. The molecule has 0 atom stereocenters. The lowest BCUT2D eigenvalue weighted by Gasteiger charge is -2.27. The first kappa shape index (κ1) is 15.6. The Balaban J connectivity index is 1.42. The van der Waals surface area contributed by atoms with Gasteiger partial charge in [0.05, 0.1) is 13.1 Å². The number of fused-ring (bicyclic) bond motifs is 1. The Bertz CT molecular complexity index is 597. The molecule has 0 aliphatic carbocycles. The number of likely N-dealkylation sites (tertiary alicyclic amines) is 1. The molecule has 4 N–H and O–H groups in total. The molecule has 0 radical (unpaired) electrons. The van der Waals surface area contributed by atoms with Gasteiger partial charge in [-0.05, 0) is 17.7 Å². The van der Waals surface area contributed by atoms with Crippen LogP contribution in [-0.2, 0) is 16.1 Å². The van der Waals surface area contributed by atoms with Crippen molar-refractivity contribution in [2.45, 2.75) is 19.4 Å². The third-order valence-corrected chi connectivity index (χ3v) is 4.43. The summed E-state index contributed by atoms with van der Waals surface area (Å²) in [5.41, 5.74) is 6.29. The predicted molar refractivity (Wildman–Crippen MR) is 81.9 cm³/mol. The molecule has 0 bridgehead atoms. The number of ether oxygens (including phenoxy) is 2. The van der Waals surface area contributed by atoms with Gasteiger partial charge in [0, 0.05) is 25.3 Å². The van der Waals surface area contributed by atoms with Crippen LogP contribution in [0.2, 0.25) is 0 Å². The van der Waals surface area contributed by atoms with E-state index in [1.54, 1.807) is 0 Å². The van der Waals surface area contributed by atoms with Gasteiger partial charge in [-0.2, -0.15) is 0 Å². The highest BCUT2D eigenvalue weighted by molar-refractivity contribution is 5.77. The molecule has 0 unspecified atom stereocenters. The number of quaternary nitrogens is 1. The summed E-state index contributed by atoms with van der Waals surface area (Å²) in [7, 11) is 0. The van der Waals surface area contributed by atoms with Crippen LogP contribution in [-0.4, -0.2) is 38.2 Å². The van der Waals surface area contributed by atoms with Gasteiger partial charge < -0.3 is 25.4 Å². The van der Waals surface area contributed by atoms with Crippen LogP contribution >= 0.6 is 0 Å². The first-order chi connectivity index (χ1) is 11.1. The van der Waals surface area contributed by atoms with Gasteiger partial charge >= 0.3 is 0 Å². The minimum atomic E-state index is -0.226. The Labute approximate surface area is 134 Å². The molecule has 2 aliphatic rings. The minimum Gasteiger partial charge on any atom is -0.454 e. The van der Waals surface area contributed by atoms with Crippen LogP contribution in [0.5, 0.6) is 11.5 Å². The van der Waals surface area contributed by atoms with Crippen molar-refractivity contribution in [3.8, 4) is 11.5 Å². The largest absolute Gasteiger partial charge is 0.454 e. The number of benzene rings is 1. The van der Waals surface area contributed by atoms with Crippen LogP contribution in [0.3, 0.4) is 0 Å². The van der Waals surface area contributed by atoms with Gasteiger partial charge in [0.15, 0.2) is 18.0 Å². The number of primary amides is 1. The van der Waals surface area contributed by atoms with Crippen LogP contribution in [0.1, 0.15) is 18.4 Å². The van der Waals surface area contributed by atoms with Gasteiger partial charge in [0.1, 0.15) is 0 Å². The lowest BCUT2D eigenvalue weighted by molar-refractivity contribution is -0.897. The second-order valence-electron chi connectivity index (χ2n) is 6.07. The molecule has 7 nitrogen and oxygen atoms in total. The first-order valence-corrected chi connectivity index (χ1v) is 7.90. The monoisotopic (exact) mass is 320 g/mol. The number of piperidine rings is 1. The van der Waals surface area contributed by atoms with Crippen molar-refractivity contribution in [2.75, 3.05) is 26.4 Å². The Kier molecular flexibility index (Phi) is 4.66. The number of hydrogen-bond acceptors (Lipinski definition) is 4. The highest BCUT2D eigenvalue weighted by Gasteiger charge is 2.26. The molecular weight excluding hydrogens is 298 g/mol. The van der Waals surface area contributed by atoms with Gasteiger partial charge in [-0.25, -0.2) is 0 Å². The minimum absolute atomic E-state index is 0.00944. The van der Waals surface area contributed by atoms with Crippen LogP contribution < -0.4 is 25.4 Å². The summed E-state index contributed by atoms with van der Waals surface area (Å²) in [4.78, 5) is 24.4. The Hall–Kier alpha value is -2.28. The van der Waals surface area contributed by atoms with E-state index in [4.69, 9.17) is 15.2 Å². The second kappa shape index (κ2) is 6.87. The predicted octanol–water partition coefficient (Wildman–Crippen LogP) is -1.19. The summed E-state index contributed by atoms with van der Waals surface area (Å²) in [6.07, 6.45) is 1.53. The molecule has 1 saturated heterocycles. The van der Waals surface area contributed by atoms with Crippen molar-refractivity contribution in [1.29, 1.82) is 0 Å². The molecule has 2 heterocycles. The number of amides is 2. The average Bonchev–Trinajstić information content (AvgIpc) is 3.01. The lowest BCUT2D eigenvalue weighted by Crippen LogP contribution is -3.14. The number of nitrogens with two attached hydrogens (primary N) is 1. The van der Waals surface area contributed by atoms with E-state index in [0.717, 1.165) is 43.0 Å². The van der Waals surface area contributed by atoms with Crippen molar-refractivity contribution in [1.82, 2.24) is 5.32 Å². The normalized spacial score (nSPS) is 22.6. The highest BCUT2D eigenvalue weighted by Crippen LogP contribution is 2.32. The smallest absolute Gasteiger partial charge is 0.275 e. The van der Waals surface area contributed by atoms with E-state index in [9.17, 15) is 9.59 Å². The SMILES string of the molecule is NC(=O)C1CC[NH+](CC(=O)NCc2ccc3c(c2)OCO3)CC1. The fourth-order valence-corrected chi connectivity index (χ4v) is 3.03. The van der Waals surface area contributed by atoms with Gasteiger partial charge in [-0.3, -0.25) is 9.59 Å². The molecular formula is C16H22N3O4+. The summed E-state index contributed by atoms with van der Waals surface area (Å²) in [6, 6.07) is 5.65.